The van der Waals surface area contributed by atoms with Crippen LogP contribution in [0.2, 0.25) is 0 Å². The number of nitrogens with zero attached hydrogens (tertiary/aromatic N) is 1. The van der Waals surface area contributed by atoms with Crippen LogP contribution in [0.25, 0.3) is 0 Å². The van der Waals surface area contributed by atoms with Gasteiger partial charge in [-0.25, -0.2) is 0 Å². The summed E-state index contributed by atoms with van der Waals surface area (Å²) in [6.07, 6.45) is 4.10. The lowest BCUT2D eigenvalue weighted by molar-refractivity contribution is -0.121. The van der Waals surface area contributed by atoms with Gasteiger partial charge in [0.15, 0.2) is 0 Å². The summed E-state index contributed by atoms with van der Waals surface area (Å²) in [7, 11) is 1.56. The van der Waals surface area contributed by atoms with Gasteiger partial charge in [0.2, 0.25) is 0 Å². The number of benzene rings is 1. The quantitative estimate of drug-likeness (QED) is 0.245. The molecule has 154 valence electrons. The number of nitrogens with two attached hydrogens (primary N) is 1. The molecule has 2 atom stereocenters. The summed E-state index contributed by atoms with van der Waals surface area (Å²) in [5.41, 5.74) is 5.38. The zero-order valence-corrected chi connectivity index (χ0v) is 18.1. The number of hydrogen-bond acceptors (Lipinski definition) is 1. The van der Waals surface area contributed by atoms with E-state index in [0.29, 0.717) is 17.9 Å². The average Bonchev–Trinajstić information content (AvgIpc) is 3.41. The van der Waals surface area contributed by atoms with E-state index in [-0.39, 0.29) is 29.1 Å². The van der Waals surface area contributed by atoms with Crippen molar-refractivity contribution < 1.29 is 13.6 Å². The van der Waals surface area contributed by atoms with E-state index in [1.165, 1.54) is 12.1 Å². The molecular weight excluding hydrogens is 377 g/mol. The number of amidine groups is 1. The number of amides is 1. The van der Waals surface area contributed by atoms with Crippen molar-refractivity contribution in [2.75, 3.05) is 0 Å². The van der Waals surface area contributed by atoms with Crippen LogP contribution in [-0.2, 0) is 10.5 Å². The normalized spacial score (nSPS) is 16.3. The van der Waals surface area contributed by atoms with Crippen LogP contribution in [0.15, 0.2) is 35.3 Å². The fraction of sp³-hybridized carbons (Fsp3) is 0.545. The molecule has 1 aliphatic carbocycles. The SMILES string of the molecule is C=C(C)CC(CCC(C)C)C(=O)N=C(N)c1ccc(C(F)(F)P)cc1C1CC1. The third kappa shape index (κ3) is 6.48. The summed E-state index contributed by atoms with van der Waals surface area (Å²) in [6.45, 7) is 10.0. The van der Waals surface area contributed by atoms with Crippen molar-refractivity contribution in [1.29, 1.82) is 0 Å². The molecule has 0 heterocycles. The molecule has 0 aliphatic heterocycles. The Labute approximate surface area is 169 Å². The number of carbonyl (C=O) groups excluding carboxylic acids is 1. The lowest BCUT2D eigenvalue weighted by Gasteiger charge is -2.17. The maximum atomic E-state index is 13.7. The highest BCUT2D eigenvalue weighted by Gasteiger charge is 2.31. The van der Waals surface area contributed by atoms with Crippen molar-refractivity contribution in [3.8, 4) is 0 Å². The van der Waals surface area contributed by atoms with Gasteiger partial charge in [0.1, 0.15) is 5.84 Å². The number of hydrogen-bond donors (Lipinski definition) is 1. The molecule has 1 aliphatic rings. The first-order valence-electron chi connectivity index (χ1n) is 9.83. The smallest absolute Gasteiger partial charge is 0.283 e. The van der Waals surface area contributed by atoms with Gasteiger partial charge in [0, 0.05) is 17.0 Å². The molecule has 2 rings (SSSR count). The molecule has 1 aromatic carbocycles. The summed E-state index contributed by atoms with van der Waals surface area (Å²) in [4.78, 5) is 16.9. The lowest BCUT2D eigenvalue weighted by Crippen LogP contribution is -2.22. The monoisotopic (exact) mass is 408 g/mol. The minimum absolute atomic E-state index is 0.0700. The van der Waals surface area contributed by atoms with E-state index in [9.17, 15) is 13.6 Å². The molecule has 0 spiro atoms. The molecule has 0 saturated heterocycles. The third-order valence-electron chi connectivity index (χ3n) is 5.00. The minimum atomic E-state index is -2.99. The number of carbonyl (C=O) groups is 1. The zero-order chi connectivity index (χ0) is 21.1. The Morgan fingerprint density at radius 3 is 2.50 bits per heavy atom. The van der Waals surface area contributed by atoms with Crippen LogP contribution in [0.4, 0.5) is 8.78 Å². The predicted octanol–water partition coefficient (Wildman–Crippen LogP) is 5.74. The number of alkyl halides is 2. The summed E-state index contributed by atoms with van der Waals surface area (Å²) >= 11 is 0. The van der Waals surface area contributed by atoms with Gasteiger partial charge in [-0.1, -0.05) is 47.2 Å². The van der Waals surface area contributed by atoms with Crippen molar-refractivity contribution in [2.24, 2.45) is 22.6 Å². The van der Waals surface area contributed by atoms with Crippen molar-refractivity contribution in [3.05, 3.63) is 47.0 Å². The van der Waals surface area contributed by atoms with E-state index in [2.05, 4.69) is 25.4 Å². The van der Waals surface area contributed by atoms with Crippen LogP contribution >= 0.6 is 9.24 Å². The second kappa shape index (κ2) is 9.26. The van der Waals surface area contributed by atoms with Crippen molar-refractivity contribution in [1.82, 2.24) is 0 Å². The fourth-order valence-corrected chi connectivity index (χ4v) is 3.45. The molecule has 3 nitrogen and oxygen atoms in total. The Morgan fingerprint density at radius 2 is 2.00 bits per heavy atom. The first-order chi connectivity index (χ1) is 13.0. The summed E-state index contributed by atoms with van der Waals surface area (Å²) in [5.74, 6) is 0.297. The third-order valence-corrected chi connectivity index (χ3v) is 5.33. The van der Waals surface area contributed by atoms with Crippen LogP contribution < -0.4 is 5.73 Å². The Morgan fingerprint density at radius 1 is 1.36 bits per heavy atom. The molecule has 1 amide bonds. The maximum absolute atomic E-state index is 13.7. The minimum Gasteiger partial charge on any atom is -0.383 e. The van der Waals surface area contributed by atoms with E-state index in [0.717, 1.165) is 36.8 Å². The molecule has 1 fully saturated rings. The van der Waals surface area contributed by atoms with Gasteiger partial charge in [-0.15, -0.1) is 6.58 Å². The van der Waals surface area contributed by atoms with E-state index < -0.39 is 5.66 Å². The highest BCUT2D eigenvalue weighted by atomic mass is 31.0. The van der Waals surface area contributed by atoms with Crippen molar-refractivity contribution >= 4 is 21.0 Å². The topological polar surface area (TPSA) is 55.5 Å². The number of aliphatic imine (C=N–C) groups is 1. The largest absolute Gasteiger partial charge is 0.383 e. The molecule has 6 heteroatoms. The molecule has 1 aromatic rings. The summed E-state index contributed by atoms with van der Waals surface area (Å²) in [5, 5.41) is 0. The highest BCUT2D eigenvalue weighted by Crippen LogP contribution is 2.44. The van der Waals surface area contributed by atoms with Crippen LogP contribution in [-0.4, -0.2) is 11.7 Å². The van der Waals surface area contributed by atoms with Gasteiger partial charge >= 0.3 is 0 Å². The van der Waals surface area contributed by atoms with Crippen molar-refractivity contribution in [3.63, 3.8) is 0 Å². The van der Waals surface area contributed by atoms with Gasteiger partial charge in [0.05, 0.1) is 0 Å². The molecule has 1 saturated carbocycles. The maximum Gasteiger partial charge on any atom is 0.283 e. The second-order valence-corrected chi connectivity index (χ2v) is 9.09. The van der Waals surface area contributed by atoms with Crippen LogP contribution in [0.3, 0.4) is 0 Å². The van der Waals surface area contributed by atoms with Crippen molar-refractivity contribution in [2.45, 2.75) is 64.5 Å². The average molecular weight is 408 g/mol. The van der Waals surface area contributed by atoms with Gasteiger partial charge in [-0.05, 0) is 56.1 Å². The molecule has 2 unspecified atom stereocenters. The molecule has 2 N–H and O–H groups in total. The van der Waals surface area contributed by atoms with Crippen LogP contribution in [0, 0.1) is 11.8 Å². The first kappa shape index (κ1) is 22.7. The van der Waals surface area contributed by atoms with Crippen LogP contribution in [0.5, 0.6) is 0 Å². The molecule has 0 aromatic heterocycles. The highest BCUT2D eigenvalue weighted by molar-refractivity contribution is 7.17. The Bertz CT molecular complexity index is 764. The Kier molecular flexibility index (Phi) is 7.50. The van der Waals surface area contributed by atoms with E-state index in [1.54, 1.807) is 15.3 Å². The second-order valence-electron chi connectivity index (χ2n) is 8.36. The van der Waals surface area contributed by atoms with Crippen LogP contribution in [0.1, 0.15) is 75.5 Å². The van der Waals surface area contributed by atoms with E-state index >= 15 is 0 Å². The molecule has 28 heavy (non-hydrogen) atoms. The lowest BCUT2D eigenvalue weighted by atomic mass is 9.92. The fourth-order valence-electron chi connectivity index (χ4n) is 3.27. The van der Waals surface area contributed by atoms with Gasteiger partial charge in [-0.2, -0.15) is 13.8 Å². The summed E-state index contributed by atoms with van der Waals surface area (Å²) in [6, 6.07) is 4.41. The Balaban J connectivity index is 2.29. The number of halogens is 2. The van der Waals surface area contributed by atoms with Gasteiger partial charge < -0.3 is 5.73 Å². The molecule has 0 radical (unpaired) electrons. The zero-order valence-electron chi connectivity index (χ0n) is 17.0. The Hall–Kier alpha value is -1.61. The van der Waals surface area contributed by atoms with E-state index in [4.69, 9.17) is 5.73 Å². The number of rotatable bonds is 9. The van der Waals surface area contributed by atoms with E-state index in [1.807, 2.05) is 6.92 Å². The molecular formula is C22H31F2N2OP. The standard InChI is InChI=1S/C22H31F2N2OP/c1-13(2)5-6-16(11-14(3)4)21(27)26-20(25)18-10-9-17(22(23,24)28)12-19(18)15-7-8-15/h9-10,12-13,15-16H,3,5-8,11,28H2,1-2,4H3,(H2,25,26,27). The van der Waals surface area contributed by atoms with Gasteiger partial charge in [0.25, 0.3) is 11.6 Å². The first-order valence-corrected chi connectivity index (χ1v) is 10.4. The number of allylic oxidation sites excluding steroid dienone is 1. The predicted molar refractivity (Wildman–Crippen MR) is 115 cm³/mol. The molecule has 0 bridgehead atoms. The van der Waals surface area contributed by atoms with Gasteiger partial charge in [-0.3, -0.25) is 4.79 Å². The summed E-state index contributed by atoms with van der Waals surface area (Å²) < 4.78 is 27.4.